The summed E-state index contributed by atoms with van der Waals surface area (Å²) in [6, 6.07) is 7.04. The van der Waals surface area contributed by atoms with Crippen LogP contribution in [-0.2, 0) is 9.59 Å². The van der Waals surface area contributed by atoms with Crippen molar-refractivity contribution in [1.29, 1.82) is 0 Å². The van der Waals surface area contributed by atoms with Crippen molar-refractivity contribution in [3.05, 3.63) is 36.4 Å². The van der Waals surface area contributed by atoms with E-state index in [1.165, 1.54) is 4.90 Å². The second kappa shape index (κ2) is 5.60. The summed E-state index contributed by atoms with van der Waals surface area (Å²) < 4.78 is 5.56. The highest BCUT2D eigenvalue weighted by Gasteiger charge is 2.46. The maximum Gasteiger partial charge on any atom is 0.233 e. The molecule has 1 aromatic rings. The Hall–Kier alpha value is -2.30. The highest BCUT2D eigenvalue weighted by atomic mass is 16.5. The van der Waals surface area contributed by atoms with Gasteiger partial charge in [0.05, 0.1) is 18.4 Å². The molecule has 21 heavy (non-hydrogen) atoms. The van der Waals surface area contributed by atoms with Crippen molar-refractivity contribution in [3.63, 3.8) is 0 Å². The number of benzene rings is 1. The summed E-state index contributed by atoms with van der Waals surface area (Å²) >= 11 is 0. The third-order valence-corrected chi connectivity index (χ3v) is 4.06. The predicted octanol–water partition coefficient (Wildman–Crippen LogP) is 1.60. The second-order valence-corrected chi connectivity index (χ2v) is 5.40. The van der Waals surface area contributed by atoms with Crippen LogP contribution in [0.25, 0.3) is 0 Å². The van der Waals surface area contributed by atoms with Crippen molar-refractivity contribution in [2.45, 2.75) is 12.8 Å². The fourth-order valence-electron chi connectivity index (χ4n) is 2.91. The average molecular weight is 286 g/mol. The number of anilines is 1. The summed E-state index contributed by atoms with van der Waals surface area (Å²) in [6.45, 7) is 0.601. The Bertz CT molecular complexity index is 554. The molecular weight excluding hydrogens is 268 g/mol. The highest BCUT2D eigenvalue weighted by Crippen LogP contribution is 2.34. The fourth-order valence-corrected chi connectivity index (χ4v) is 2.91. The zero-order chi connectivity index (χ0) is 14.8. The molecule has 1 saturated heterocycles. The van der Waals surface area contributed by atoms with Crippen LogP contribution in [0.1, 0.15) is 12.8 Å². The molecule has 3 rings (SSSR count). The molecule has 0 saturated carbocycles. The van der Waals surface area contributed by atoms with Gasteiger partial charge < -0.3 is 10.5 Å². The zero-order valence-electron chi connectivity index (χ0n) is 11.7. The molecule has 1 aromatic carbocycles. The quantitative estimate of drug-likeness (QED) is 0.518. The number of nitrogen functional groups attached to an aromatic ring is 1. The first-order valence-corrected chi connectivity index (χ1v) is 7.15. The molecule has 5 nitrogen and oxygen atoms in total. The molecule has 0 spiro atoms. The zero-order valence-corrected chi connectivity index (χ0v) is 11.7. The molecule has 110 valence electrons. The Balaban J connectivity index is 1.57. The maximum absolute atomic E-state index is 12.2. The van der Waals surface area contributed by atoms with Gasteiger partial charge in [0.1, 0.15) is 12.4 Å². The summed E-state index contributed by atoms with van der Waals surface area (Å²) in [4.78, 5) is 25.8. The lowest BCUT2D eigenvalue weighted by Crippen LogP contribution is -2.34. The summed E-state index contributed by atoms with van der Waals surface area (Å²) in [7, 11) is 0. The van der Waals surface area contributed by atoms with Crippen LogP contribution in [0.4, 0.5) is 5.69 Å². The van der Waals surface area contributed by atoms with Gasteiger partial charge >= 0.3 is 0 Å². The number of fused-ring (bicyclic) bond motifs is 1. The van der Waals surface area contributed by atoms with Gasteiger partial charge in [0.25, 0.3) is 0 Å². The largest absolute Gasteiger partial charge is 0.492 e. The van der Waals surface area contributed by atoms with E-state index in [4.69, 9.17) is 10.5 Å². The molecule has 0 bridgehead atoms. The average Bonchev–Trinajstić information content (AvgIpc) is 2.75. The summed E-state index contributed by atoms with van der Waals surface area (Å²) in [5, 5.41) is 0. The van der Waals surface area contributed by atoms with Crippen LogP contribution in [0.15, 0.2) is 36.4 Å². The van der Waals surface area contributed by atoms with Crippen LogP contribution in [0.5, 0.6) is 5.75 Å². The van der Waals surface area contributed by atoms with E-state index >= 15 is 0 Å². The third-order valence-electron chi connectivity index (χ3n) is 4.06. The molecule has 1 aliphatic carbocycles. The molecular formula is C16H18N2O3. The maximum atomic E-state index is 12.2. The molecule has 2 amide bonds. The highest BCUT2D eigenvalue weighted by molar-refractivity contribution is 6.05. The lowest BCUT2D eigenvalue weighted by Gasteiger charge is -2.15. The van der Waals surface area contributed by atoms with Crippen LogP contribution in [-0.4, -0.2) is 29.9 Å². The number of ether oxygens (including phenoxy) is 1. The normalized spacial score (nSPS) is 24.3. The number of likely N-dealkylation sites (tertiary alicyclic amines) is 1. The number of hydrogen-bond donors (Lipinski definition) is 1. The lowest BCUT2D eigenvalue weighted by atomic mass is 9.85. The van der Waals surface area contributed by atoms with E-state index in [2.05, 4.69) is 0 Å². The first-order chi connectivity index (χ1) is 10.2. The molecule has 0 radical (unpaired) electrons. The molecule has 1 aliphatic heterocycles. The van der Waals surface area contributed by atoms with Gasteiger partial charge in [-0.05, 0) is 37.1 Å². The van der Waals surface area contributed by atoms with Crippen LogP contribution in [0.3, 0.4) is 0 Å². The number of carbonyl (C=O) groups is 2. The Kier molecular flexibility index (Phi) is 3.64. The molecule has 1 fully saturated rings. The first kappa shape index (κ1) is 13.7. The minimum Gasteiger partial charge on any atom is -0.492 e. The van der Waals surface area contributed by atoms with Crippen molar-refractivity contribution in [3.8, 4) is 5.75 Å². The first-order valence-electron chi connectivity index (χ1n) is 7.15. The van der Waals surface area contributed by atoms with E-state index in [1.807, 2.05) is 12.2 Å². The van der Waals surface area contributed by atoms with Gasteiger partial charge in [-0.3, -0.25) is 14.5 Å². The Morgan fingerprint density at radius 3 is 2.19 bits per heavy atom. The molecule has 2 unspecified atom stereocenters. The molecule has 5 heteroatoms. The van der Waals surface area contributed by atoms with Crippen LogP contribution in [0.2, 0.25) is 0 Å². The van der Waals surface area contributed by atoms with Gasteiger partial charge in [-0.1, -0.05) is 12.2 Å². The topological polar surface area (TPSA) is 72.6 Å². The van der Waals surface area contributed by atoms with Crippen LogP contribution in [0, 0.1) is 11.8 Å². The predicted molar refractivity (Wildman–Crippen MR) is 78.4 cm³/mol. The van der Waals surface area contributed by atoms with E-state index in [1.54, 1.807) is 24.3 Å². The van der Waals surface area contributed by atoms with Gasteiger partial charge in [-0.25, -0.2) is 0 Å². The van der Waals surface area contributed by atoms with Crippen molar-refractivity contribution in [1.82, 2.24) is 4.90 Å². The Morgan fingerprint density at radius 2 is 1.62 bits per heavy atom. The summed E-state index contributed by atoms with van der Waals surface area (Å²) in [6.07, 6.45) is 5.32. The number of allylic oxidation sites excluding steroid dienone is 2. The van der Waals surface area contributed by atoms with E-state index in [-0.39, 0.29) is 23.7 Å². The smallest absolute Gasteiger partial charge is 0.233 e. The number of carbonyl (C=O) groups excluding carboxylic acids is 2. The minimum absolute atomic E-state index is 0.0599. The molecule has 2 N–H and O–H groups in total. The number of nitrogens with two attached hydrogens (primary N) is 1. The lowest BCUT2D eigenvalue weighted by molar-refractivity contribution is -0.140. The standard InChI is InChI=1S/C16H18N2O3/c17-11-5-7-12(8-6-11)21-10-9-18-15(19)13-3-1-2-4-14(13)16(18)20/h1-2,5-8,13-14H,3-4,9-10,17H2. The van der Waals surface area contributed by atoms with E-state index in [9.17, 15) is 9.59 Å². The number of imide groups is 1. The molecule has 2 atom stereocenters. The molecule has 2 aliphatic rings. The number of rotatable bonds is 4. The number of nitrogens with zero attached hydrogens (tertiary/aromatic N) is 1. The van der Waals surface area contributed by atoms with E-state index < -0.39 is 0 Å². The van der Waals surface area contributed by atoms with E-state index in [0.717, 1.165) is 0 Å². The van der Waals surface area contributed by atoms with Crippen LogP contribution < -0.4 is 10.5 Å². The SMILES string of the molecule is Nc1ccc(OCCN2C(=O)C3CC=CCC3C2=O)cc1. The molecule has 1 heterocycles. The van der Waals surface area contributed by atoms with Crippen molar-refractivity contribution >= 4 is 17.5 Å². The van der Waals surface area contributed by atoms with E-state index in [0.29, 0.717) is 37.4 Å². The van der Waals surface area contributed by atoms with Gasteiger partial charge in [-0.2, -0.15) is 0 Å². The number of amides is 2. The summed E-state index contributed by atoms with van der Waals surface area (Å²) in [5.41, 5.74) is 6.27. The van der Waals surface area contributed by atoms with Gasteiger partial charge in [0.15, 0.2) is 0 Å². The van der Waals surface area contributed by atoms with Gasteiger partial charge in [0, 0.05) is 5.69 Å². The van der Waals surface area contributed by atoms with Gasteiger partial charge in [-0.15, -0.1) is 0 Å². The fraction of sp³-hybridized carbons (Fsp3) is 0.375. The third kappa shape index (κ3) is 2.63. The van der Waals surface area contributed by atoms with Crippen molar-refractivity contribution in [2.75, 3.05) is 18.9 Å². The van der Waals surface area contributed by atoms with Crippen LogP contribution >= 0.6 is 0 Å². The van der Waals surface area contributed by atoms with Gasteiger partial charge in [0.2, 0.25) is 11.8 Å². The second-order valence-electron chi connectivity index (χ2n) is 5.40. The van der Waals surface area contributed by atoms with Crippen molar-refractivity contribution < 1.29 is 14.3 Å². The number of hydrogen-bond acceptors (Lipinski definition) is 4. The minimum atomic E-state index is -0.168. The summed E-state index contributed by atoms with van der Waals surface area (Å²) in [5.74, 6) is 0.228. The monoisotopic (exact) mass is 286 g/mol. The Morgan fingerprint density at radius 1 is 1.05 bits per heavy atom. The molecule has 0 aromatic heterocycles. The van der Waals surface area contributed by atoms with Crippen molar-refractivity contribution in [2.24, 2.45) is 11.8 Å². The Labute approximate surface area is 123 Å².